The molecular weight excluding hydrogens is 334 g/mol. The van der Waals surface area contributed by atoms with Crippen LogP contribution in [-0.2, 0) is 9.59 Å². The highest BCUT2D eigenvalue weighted by molar-refractivity contribution is 9.10. The summed E-state index contributed by atoms with van der Waals surface area (Å²) in [6.07, 6.45) is 0.488. The van der Waals surface area contributed by atoms with Crippen LogP contribution < -0.4 is 10.2 Å². The molecule has 0 aromatic heterocycles. The molecule has 0 spiro atoms. The number of carbonyl (C=O) groups excluding carboxylic acids is 2. The Hall–Kier alpha value is -1.50. The summed E-state index contributed by atoms with van der Waals surface area (Å²) < 4.78 is 27.2. The van der Waals surface area contributed by atoms with Crippen LogP contribution >= 0.6 is 15.9 Å². The number of anilines is 1. The van der Waals surface area contributed by atoms with Crippen molar-refractivity contribution in [3.63, 3.8) is 0 Å². The molecular formula is C13H13BrF2N2O2. The van der Waals surface area contributed by atoms with E-state index < -0.39 is 23.6 Å². The summed E-state index contributed by atoms with van der Waals surface area (Å²) in [4.78, 5) is 25.0. The van der Waals surface area contributed by atoms with Crippen LogP contribution in [0.15, 0.2) is 16.6 Å². The van der Waals surface area contributed by atoms with Crippen LogP contribution in [0, 0.1) is 11.6 Å². The summed E-state index contributed by atoms with van der Waals surface area (Å²) in [6, 6.07) is 1.24. The van der Waals surface area contributed by atoms with Crippen molar-refractivity contribution in [2.45, 2.75) is 25.8 Å². The first-order valence-corrected chi connectivity index (χ1v) is 6.98. The topological polar surface area (TPSA) is 49.4 Å². The second kappa shape index (κ2) is 5.87. The van der Waals surface area contributed by atoms with Gasteiger partial charge < -0.3 is 10.2 Å². The predicted molar refractivity (Wildman–Crippen MR) is 73.2 cm³/mol. The molecule has 1 aliphatic rings. The number of nitrogens with zero attached hydrogens (tertiary/aromatic N) is 1. The Morgan fingerprint density at radius 2 is 2.05 bits per heavy atom. The number of hydrogen-bond acceptors (Lipinski definition) is 2. The van der Waals surface area contributed by atoms with Crippen LogP contribution in [0.25, 0.3) is 0 Å². The van der Waals surface area contributed by atoms with Gasteiger partial charge in [0.15, 0.2) is 0 Å². The van der Waals surface area contributed by atoms with Crippen LogP contribution in [0.4, 0.5) is 14.5 Å². The molecule has 1 heterocycles. The number of nitrogens with one attached hydrogen (secondary N) is 1. The molecule has 0 radical (unpaired) electrons. The van der Waals surface area contributed by atoms with Gasteiger partial charge in [0.1, 0.15) is 17.7 Å². The van der Waals surface area contributed by atoms with E-state index in [-0.39, 0.29) is 29.0 Å². The Bertz CT molecular complexity index is 566. The van der Waals surface area contributed by atoms with Gasteiger partial charge in [-0.15, -0.1) is 0 Å². The molecule has 0 aliphatic carbocycles. The molecule has 0 bridgehead atoms. The van der Waals surface area contributed by atoms with Gasteiger partial charge in [-0.1, -0.05) is 6.92 Å². The second-order valence-corrected chi connectivity index (χ2v) is 5.34. The maximum Gasteiger partial charge on any atom is 0.249 e. The third-order valence-corrected chi connectivity index (χ3v) is 3.76. The lowest BCUT2D eigenvalue weighted by atomic mass is 10.2. The monoisotopic (exact) mass is 346 g/mol. The summed E-state index contributed by atoms with van der Waals surface area (Å²) in [6.45, 7) is 1.82. The first-order valence-electron chi connectivity index (χ1n) is 6.19. The third kappa shape index (κ3) is 2.82. The number of benzene rings is 1. The van der Waals surface area contributed by atoms with E-state index in [1.807, 2.05) is 0 Å². The molecule has 1 unspecified atom stereocenters. The summed E-state index contributed by atoms with van der Waals surface area (Å²) in [7, 11) is 0. The number of halogens is 3. The fourth-order valence-electron chi connectivity index (χ4n) is 2.07. The van der Waals surface area contributed by atoms with E-state index in [0.717, 1.165) is 0 Å². The zero-order chi connectivity index (χ0) is 14.9. The van der Waals surface area contributed by atoms with Crippen molar-refractivity contribution >= 4 is 33.4 Å². The zero-order valence-electron chi connectivity index (χ0n) is 10.8. The van der Waals surface area contributed by atoms with E-state index in [9.17, 15) is 18.4 Å². The average molecular weight is 347 g/mol. The first kappa shape index (κ1) is 14.9. The van der Waals surface area contributed by atoms with E-state index in [4.69, 9.17) is 0 Å². The second-order valence-electron chi connectivity index (χ2n) is 4.49. The Morgan fingerprint density at radius 3 is 2.70 bits per heavy atom. The van der Waals surface area contributed by atoms with E-state index >= 15 is 0 Å². The Kier molecular flexibility index (Phi) is 4.37. The number of hydrogen-bond donors (Lipinski definition) is 1. The van der Waals surface area contributed by atoms with Gasteiger partial charge in [-0.2, -0.15) is 0 Å². The Morgan fingerprint density at radius 1 is 1.35 bits per heavy atom. The predicted octanol–water partition coefficient (Wildman–Crippen LogP) is 2.36. The van der Waals surface area contributed by atoms with Crippen molar-refractivity contribution in [2.75, 3.05) is 11.4 Å². The fraction of sp³-hybridized carbons (Fsp3) is 0.385. The molecule has 1 aliphatic heterocycles. The number of carbonyl (C=O) groups is 2. The molecule has 1 saturated heterocycles. The fourth-order valence-corrected chi connectivity index (χ4v) is 2.41. The average Bonchev–Trinajstić information content (AvgIpc) is 2.54. The van der Waals surface area contributed by atoms with Gasteiger partial charge in [0.25, 0.3) is 0 Å². The van der Waals surface area contributed by atoms with Gasteiger partial charge in [-0.3, -0.25) is 9.59 Å². The molecule has 1 fully saturated rings. The lowest BCUT2D eigenvalue weighted by Crippen LogP contribution is -2.44. The molecule has 20 heavy (non-hydrogen) atoms. The van der Waals surface area contributed by atoms with E-state index in [1.165, 1.54) is 11.0 Å². The number of rotatable bonds is 2. The van der Waals surface area contributed by atoms with Crippen molar-refractivity contribution in [2.24, 2.45) is 0 Å². The van der Waals surface area contributed by atoms with E-state index in [2.05, 4.69) is 21.2 Å². The molecule has 0 saturated carbocycles. The Balaban J connectivity index is 2.42. The van der Waals surface area contributed by atoms with Crippen molar-refractivity contribution in [1.82, 2.24) is 5.32 Å². The lowest BCUT2D eigenvalue weighted by molar-refractivity contribution is -0.125. The minimum absolute atomic E-state index is 0.0294. The SMILES string of the molecule is CCC1NC(=O)CCN(c2cc(Br)c(F)cc2F)C1=O. The van der Waals surface area contributed by atoms with Gasteiger partial charge in [0.05, 0.1) is 10.2 Å². The summed E-state index contributed by atoms with van der Waals surface area (Å²) >= 11 is 2.97. The zero-order valence-corrected chi connectivity index (χ0v) is 12.3. The normalized spacial score (nSPS) is 19.8. The van der Waals surface area contributed by atoms with Gasteiger partial charge in [-0.25, -0.2) is 8.78 Å². The van der Waals surface area contributed by atoms with Gasteiger partial charge >= 0.3 is 0 Å². The van der Waals surface area contributed by atoms with Crippen LogP contribution in [0.3, 0.4) is 0 Å². The van der Waals surface area contributed by atoms with Gasteiger partial charge in [0, 0.05) is 19.0 Å². The van der Waals surface area contributed by atoms with E-state index in [0.29, 0.717) is 12.5 Å². The first-order chi connectivity index (χ1) is 9.43. The minimum atomic E-state index is -0.830. The molecule has 2 amide bonds. The number of amides is 2. The highest BCUT2D eigenvalue weighted by atomic mass is 79.9. The smallest absolute Gasteiger partial charge is 0.249 e. The Labute approximate surface area is 123 Å². The van der Waals surface area contributed by atoms with Crippen LogP contribution in [-0.4, -0.2) is 24.4 Å². The molecule has 1 aromatic carbocycles. The summed E-state index contributed by atoms with van der Waals surface area (Å²) in [5.41, 5.74) is -0.0294. The van der Waals surface area contributed by atoms with E-state index in [1.54, 1.807) is 6.92 Å². The molecule has 108 valence electrons. The maximum absolute atomic E-state index is 13.9. The standard InChI is InChI=1S/C13H13BrF2N2O2/c1-2-10-13(20)18(4-3-12(19)17-10)11-5-7(14)8(15)6-9(11)16/h5-6,10H,2-4H2,1H3,(H,17,19). The van der Waals surface area contributed by atoms with Crippen LogP contribution in [0.1, 0.15) is 19.8 Å². The van der Waals surface area contributed by atoms with Crippen LogP contribution in [0.5, 0.6) is 0 Å². The summed E-state index contributed by atoms with van der Waals surface area (Å²) in [5.74, 6) is -2.22. The van der Waals surface area contributed by atoms with Crippen molar-refractivity contribution in [3.8, 4) is 0 Å². The maximum atomic E-state index is 13.9. The molecule has 2 rings (SSSR count). The highest BCUT2D eigenvalue weighted by Crippen LogP contribution is 2.28. The third-order valence-electron chi connectivity index (χ3n) is 3.15. The summed E-state index contributed by atoms with van der Waals surface area (Å²) in [5, 5.41) is 2.59. The lowest BCUT2D eigenvalue weighted by Gasteiger charge is -2.24. The molecule has 1 aromatic rings. The quantitative estimate of drug-likeness (QED) is 0.835. The molecule has 4 nitrogen and oxygen atoms in total. The molecule has 7 heteroatoms. The minimum Gasteiger partial charge on any atom is -0.344 e. The molecule has 1 atom stereocenters. The van der Waals surface area contributed by atoms with Gasteiger partial charge in [-0.05, 0) is 28.4 Å². The largest absolute Gasteiger partial charge is 0.344 e. The van der Waals surface area contributed by atoms with Crippen molar-refractivity contribution in [3.05, 3.63) is 28.2 Å². The van der Waals surface area contributed by atoms with Crippen molar-refractivity contribution < 1.29 is 18.4 Å². The van der Waals surface area contributed by atoms with Crippen LogP contribution in [0.2, 0.25) is 0 Å². The van der Waals surface area contributed by atoms with Gasteiger partial charge in [0.2, 0.25) is 11.8 Å². The molecule has 1 N–H and O–H groups in total. The van der Waals surface area contributed by atoms with Crippen molar-refractivity contribution in [1.29, 1.82) is 0 Å². The highest BCUT2D eigenvalue weighted by Gasteiger charge is 2.31.